The molecule has 34 heavy (non-hydrogen) atoms. The number of ether oxygens (including phenoxy) is 1. The summed E-state index contributed by atoms with van der Waals surface area (Å²) in [6, 6.07) is 27.2. The lowest BCUT2D eigenvalue weighted by Gasteiger charge is -2.15. The fourth-order valence-electron chi connectivity index (χ4n) is 3.68. The molecule has 0 radical (unpaired) electrons. The second-order valence-electron chi connectivity index (χ2n) is 7.62. The van der Waals surface area contributed by atoms with E-state index in [4.69, 9.17) is 40.2 Å². The number of hydrogen-bond donors (Lipinski definition) is 0. The summed E-state index contributed by atoms with van der Waals surface area (Å²) in [7, 11) is 0. The van der Waals surface area contributed by atoms with E-state index in [9.17, 15) is 4.79 Å². The minimum atomic E-state index is -0.210. The standard InChI is InChI=1S/C27H17Cl2NO2S2/c28-22-12-11-21(15-23(22)29)30-26(31)25(34-27(30)33)14-20-7-3-4-8-24(20)32-16-17-9-10-18-5-1-2-6-19(18)13-17/h1-15H,16H2/b25-14+. The first kappa shape index (κ1) is 22.9. The predicted octanol–water partition coefficient (Wildman–Crippen LogP) is 8.13. The van der Waals surface area contributed by atoms with E-state index >= 15 is 0 Å². The minimum absolute atomic E-state index is 0.210. The Kier molecular flexibility index (Phi) is 6.61. The van der Waals surface area contributed by atoms with Crippen molar-refractivity contribution >= 4 is 79.9 Å². The third-order valence-electron chi connectivity index (χ3n) is 5.37. The Balaban J connectivity index is 1.38. The topological polar surface area (TPSA) is 29.5 Å². The third kappa shape index (κ3) is 4.70. The van der Waals surface area contributed by atoms with E-state index in [-0.39, 0.29) is 5.91 Å². The summed E-state index contributed by atoms with van der Waals surface area (Å²) in [4.78, 5) is 15.1. The lowest BCUT2D eigenvalue weighted by atomic mass is 10.1. The molecule has 1 fully saturated rings. The first-order chi connectivity index (χ1) is 16.5. The van der Waals surface area contributed by atoms with Crippen LogP contribution in [-0.2, 0) is 11.4 Å². The zero-order chi connectivity index (χ0) is 23.7. The quantitative estimate of drug-likeness (QED) is 0.196. The van der Waals surface area contributed by atoms with E-state index in [2.05, 4.69) is 30.3 Å². The van der Waals surface area contributed by atoms with E-state index in [0.29, 0.717) is 37.3 Å². The van der Waals surface area contributed by atoms with Crippen LogP contribution in [0, 0.1) is 0 Å². The highest BCUT2D eigenvalue weighted by Gasteiger charge is 2.33. The summed E-state index contributed by atoms with van der Waals surface area (Å²) in [5, 5.41) is 3.15. The van der Waals surface area contributed by atoms with Crippen LogP contribution in [-0.4, -0.2) is 10.2 Å². The highest BCUT2D eigenvalue weighted by molar-refractivity contribution is 8.27. The smallest absolute Gasteiger partial charge is 0.270 e. The van der Waals surface area contributed by atoms with Crippen molar-refractivity contribution in [2.75, 3.05) is 4.90 Å². The van der Waals surface area contributed by atoms with Gasteiger partial charge < -0.3 is 4.74 Å². The van der Waals surface area contributed by atoms with Crippen molar-refractivity contribution in [2.24, 2.45) is 0 Å². The van der Waals surface area contributed by atoms with Gasteiger partial charge in [0, 0.05) is 5.56 Å². The summed E-state index contributed by atoms with van der Waals surface area (Å²) in [5.74, 6) is 0.480. The highest BCUT2D eigenvalue weighted by atomic mass is 35.5. The van der Waals surface area contributed by atoms with Crippen LogP contribution in [0.5, 0.6) is 5.75 Å². The number of carbonyl (C=O) groups excluding carboxylic acids is 1. The number of fused-ring (bicyclic) bond motifs is 1. The first-order valence-corrected chi connectivity index (χ1v) is 12.4. The van der Waals surface area contributed by atoms with Crippen molar-refractivity contribution in [2.45, 2.75) is 6.61 Å². The number of thioether (sulfide) groups is 1. The van der Waals surface area contributed by atoms with Crippen LogP contribution in [0.1, 0.15) is 11.1 Å². The molecule has 3 nitrogen and oxygen atoms in total. The number of benzene rings is 4. The molecule has 1 amide bonds. The van der Waals surface area contributed by atoms with Gasteiger partial charge in [-0.25, -0.2) is 0 Å². The average Bonchev–Trinajstić information content (AvgIpc) is 3.12. The molecule has 0 unspecified atom stereocenters. The molecule has 0 aliphatic carbocycles. The zero-order valence-corrected chi connectivity index (χ0v) is 20.8. The number of amides is 1. The predicted molar refractivity (Wildman–Crippen MR) is 147 cm³/mol. The van der Waals surface area contributed by atoms with E-state index in [1.54, 1.807) is 18.2 Å². The molecule has 4 aromatic carbocycles. The number of halogens is 2. The molecule has 1 aliphatic rings. The molecule has 1 saturated heterocycles. The average molecular weight is 522 g/mol. The van der Waals surface area contributed by atoms with Crippen molar-refractivity contribution in [3.8, 4) is 5.75 Å². The number of nitrogens with zero attached hydrogens (tertiary/aromatic N) is 1. The van der Waals surface area contributed by atoms with E-state index in [1.807, 2.05) is 42.5 Å². The third-order valence-corrected chi connectivity index (χ3v) is 7.41. The van der Waals surface area contributed by atoms with E-state index < -0.39 is 0 Å². The number of hydrogen-bond acceptors (Lipinski definition) is 4. The Morgan fingerprint density at radius 2 is 1.65 bits per heavy atom. The number of thiocarbonyl (C=S) groups is 1. The van der Waals surface area contributed by atoms with Gasteiger partial charge in [0.05, 0.1) is 20.6 Å². The Morgan fingerprint density at radius 3 is 2.47 bits per heavy atom. The van der Waals surface area contributed by atoms with Gasteiger partial charge in [0.15, 0.2) is 4.32 Å². The van der Waals surface area contributed by atoms with Gasteiger partial charge in [0.2, 0.25) is 0 Å². The van der Waals surface area contributed by atoms with Crippen LogP contribution in [0.4, 0.5) is 5.69 Å². The molecule has 1 aliphatic heterocycles. The van der Waals surface area contributed by atoms with E-state index in [0.717, 1.165) is 11.1 Å². The van der Waals surface area contributed by atoms with Crippen LogP contribution in [0.25, 0.3) is 16.8 Å². The maximum absolute atomic E-state index is 13.2. The molecule has 0 aromatic heterocycles. The zero-order valence-electron chi connectivity index (χ0n) is 17.7. The summed E-state index contributed by atoms with van der Waals surface area (Å²) >= 11 is 18.9. The largest absolute Gasteiger partial charge is 0.488 e. The minimum Gasteiger partial charge on any atom is -0.488 e. The number of anilines is 1. The van der Waals surface area contributed by atoms with Gasteiger partial charge in [-0.2, -0.15) is 0 Å². The van der Waals surface area contributed by atoms with Gasteiger partial charge >= 0.3 is 0 Å². The van der Waals surface area contributed by atoms with Gasteiger partial charge in [0.1, 0.15) is 12.4 Å². The molecule has 5 rings (SSSR count). The summed E-state index contributed by atoms with van der Waals surface area (Å²) in [5.41, 5.74) is 2.46. The SMILES string of the molecule is O=C1/C(=C\c2ccccc2OCc2ccc3ccccc3c2)SC(=S)N1c1ccc(Cl)c(Cl)c1. The molecule has 0 N–H and O–H groups in total. The number of carbonyl (C=O) groups is 1. The Bertz CT molecular complexity index is 1470. The lowest BCUT2D eigenvalue weighted by molar-refractivity contribution is -0.113. The molecule has 0 saturated carbocycles. The summed E-state index contributed by atoms with van der Waals surface area (Å²) in [6.07, 6.45) is 1.81. The van der Waals surface area contributed by atoms with Crippen molar-refractivity contribution in [1.82, 2.24) is 0 Å². The highest BCUT2D eigenvalue weighted by Crippen LogP contribution is 2.38. The van der Waals surface area contributed by atoms with Gasteiger partial charge in [-0.3, -0.25) is 9.69 Å². The van der Waals surface area contributed by atoms with Crippen LogP contribution >= 0.6 is 47.2 Å². The first-order valence-electron chi connectivity index (χ1n) is 10.4. The number of para-hydroxylation sites is 1. The van der Waals surface area contributed by atoms with Crippen molar-refractivity contribution in [3.63, 3.8) is 0 Å². The molecule has 168 valence electrons. The molecule has 0 atom stereocenters. The van der Waals surface area contributed by atoms with Crippen LogP contribution in [0.2, 0.25) is 10.0 Å². The summed E-state index contributed by atoms with van der Waals surface area (Å²) in [6.45, 7) is 0.417. The van der Waals surface area contributed by atoms with Crippen LogP contribution in [0.15, 0.2) is 89.8 Å². The maximum atomic E-state index is 13.2. The number of rotatable bonds is 5. The molecule has 4 aromatic rings. The van der Waals surface area contributed by atoms with Crippen LogP contribution in [0.3, 0.4) is 0 Å². The normalized spacial score (nSPS) is 14.9. The molecule has 7 heteroatoms. The van der Waals surface area contributed by atoms with Crippen molar-refractivity contribution in [3.05, 3.63) is 111 Å². The van der Waals surface area contributed by atoms with Crippen molar-refractivity contribution < 1.29 is 9.53 Å². The monoisotopic (exact) mass is 521 g/mol. The Hall–Kier alpha value is -2.83. The second kappa shape index (κ2) is 9.80. The fourth-order valence-corrected chi connectivity index (χ4v) is 5.26. The Labute approximate surface area is 216 Å². The summed E-state index contributed by atoms with van der Waals surface area (Å²) < 4.78 is 6.58. The molecular weight excluding hydrogens is 505 g/mol. The van der Waals surface area contributed by atoms with Gasteiger partial charge in [0.25, 0.3) is 5.91 Å². The van der Waals surface area contributed by atoms with Gasteiger partial charge in [-0.15, -0.1) is 0 Å². The van der Waals surface area contributed by atoms with E-state index in [1.165, 1.54) is 27.4 Å². The fraction of sp³-hybridized carbons (Fsp3) is 0.0370. The van der Waals surface area contributed by atoms with Gasteiger partial charge in [-0.1, -0.05) is 102 Å². The lowest BCUT2D eigenvalue weighted by Crippen LogP contribution is -2.27. The molecule has 0 bridgehead atoms. The molecule has 1 heterocycles. The Morgan fingerprint density at radius 1 is 0.882 bits per heavy atom. The molecule has 0 spiro atoms. The van der Waals surface area contributed by atoms with Gasteiger partial charge in [-0.05, 0) is 52.7 Å². The second-order valence-corrected chi connectivity index (χ2v) is 10.1. The van der Waals surface area contributed by atoms with Crippen LogP contribution < -0.4 is 9.64 Å². The maximum Gasteiger partial charge on any atom is 0.270 e. The molecular formula is C27H17Cl2NO2S2. The van der Waals surface area contributed by atoms with Crippen molar-refractivity contribution in [1.29, 1.82) is 0 Å².